The second-order valence-electron chi connectivity index (χ2n) is 4.57. The Morgan fingerprint density at radius 3 is 2.68 bits per heavy atom. The van der Waals surface area contributed by atoms with E-state index >= 15 is 0 Å². The monoisotopic (exact) mass is 324 g/mol. The van der Waals surface area contributed by atoms with Crippen molar-refractivity contribution in [3.63, 3.8) is 0 Å². The fourth-order valence-corrected chi connectivity index (χ4v) is 2.27. The summed E-state index contributed by atoms with van der Waals surface area (Å²) in [7, 11) is 2.51. The van der Waals surface area contributed by atoms with Gasteiger partial charge in [-0.3, -0.25) is 19.5 Å². The Morgan fingerprint density at radius 1 is 1.36 bits per heavy atom. The molecule has 1 heterocycles. The van der Waals surface area contributed by atoms with Crippen LogP contribution in [0.4, 0.5) is 4.79 Å². The first-order valence-electron chi connectivity index (χ1n) is 6.23. The quantitative estimate of drug-likeness (QED) is 0.868. The van der Waals surface area contributed by atoms with Gasteiger partial charge in [-0.2, -0.15) is 0 Å². The van der Waals surface area contributed by atoms with Gasteiger partial charge in [-0.15, -0.1) is 0 Å². The van der Waals surface area contributed by atoms with Crippen molar-refractivity contribution in [3.8, 4) is 5.88 Å². The molecule has 0 bridgehead atoms. The van der Waals surface area contributed by atoms with Crippen molar-refractivity contribution < 1.29 is 19.4 Å². The number of hydrogen-bond donors (Lipinski definition) is 2. The van der Waals surface area contributed by atoms with Crippen LogP contribution in [0.25, 0.3) is 10.8 Å². The Morgan fingerprint density at radius 2 is 2.05 bits per heavy atom. The van der Waals surface area contributed by atoms with Crippen LogP contribution in [-0.4, -0.2) is 28.8 Å². The second kappa shape index (κ2) is 6.07. The molecule has 0 fully saturated rings. The normalized spacial score (nSPS) is 10.5. The molecule has 0 unspecified atom stereocenters. The smallest absolute Gasteiger partial charge is 0.413 e. The molecular formula is C14H13ClN2O5. The number of amides is 2. The summed E-state index contributed by atoms with van der Waals surface area (Å²) in [6.07, 6.45) is -1.22. The van der Waals surface area contributed by atoms with Gasteiger partial charge in [-0.1, -0.05) is 11.6 Å². The van der Waals surface area contributed by atoms with Crippen LogP contribution in [-0.2, 0) is 23.0 Å². The van der Waals surface area contributed by atoms with E-state index in [1.807, 2.05) is 5.32 Å². The molecule has 0 aliphatic rings. The molecule has 0 aliphatic carbocycles. The Labute approximate surface area is 130 Å². The molecule has 1 aromatic heterocycles. The van der Waals surface area contributed by atoms with Gasteiger partial charge in [0.25, 0.3) is 5.56 Å². The number of imide groups is 1. The minimum atomic E-state index is -0.906. The molecule has 8 heteroatoms. The third-order valence-electron chi connectivity index (χ3n) is 3.19. The topological polar surface area (TPSA) is 97.6 Å². The Bertz CT molecular complexity index is 828. The van der Waals surface area contributed by atoms with E-state index in [9.17, 15) is 19.5 Å². The number of nitrogens with zero attached hydrogens (tertiary/aromatic N) is 1. The zero-order valence-corrected chi connectivity index (χ0v) is 12.6. The highest BCUT2D eigenvalue weighted by atomic mass is 35.5. The number of alkyl carbamates (subject to hydrolysis) is 1. The number of benzene rings is 1. The summed E-state index contributed by atoms with van der Waals surface area (Å²) in [5.41, 5.74) is -0.220. The highest BCUT2D eigenvalue weighted by Crippen LogP contribution is 2.27. The first-order valence-corrected chi connectivity index (χ1v) is 6.60. The van der Waals surface area contributed by atoms with E-state index in [-0.39, 0.29) is 17.9 Å². The number of pyridine rings is 1. The lowest BCUT2D eigenvalue weighted by atomic mass is 10.0. The van der Waals surface area contributed by atoms with Crippen molar-refractivity contribution in [2.24, 2.45) is 7.05 Å². The average Bonchev–Trinajstić information content (AvgIpc) is 2.49. The SMILES string of the molecule is COC(=O)NC(=O)Cc1c(O)n(C)c(=O)c2ccc(Cl)cc12. The largest absolute Gasteiger partial charge is 0.494 e. The van der Waals surface area contributed by atoms with Crippen LogP contribution in [0.1, 0.15) is 5.56 Å². The van der Waals surface area contributed by atoms with E-state index in [2.05, 4.69) is 4.74 Å². The number of carbonyl (C=O) groups is 2. The number of hydrogen-bond acceptors (Lipinski definition) is 5. The Kier molecular flexibility index (Phi) is 4.37. The van der Waals surface area contributed by atoms with Crippen LogP contribution in [0.2, 0.25) is 5.02 Å². The standard InChI is InChI=1S/C14H13ClN2O5/c1-17-12(19)8-4-3-7(15)5-9(8)10(13(17)20)6-11(18)16-14(21)22-2/h3-5,20H,6H2,1-2H3,(H,16,18,21). The predicted octanol–water partition coefficient (Wildman–Crippen LogP) is 1.32. The van der Waals surface area contributed by atoms with Crippen LogP contribution in [0.15, 0.2) is 23.0 Å². The zero-order chi connectivity index (χ0) is 16.4. The van der Waals surface area contributed by atoms with E-state index < -0.39 is 17.6 Å². The predicted molar refractivity (Wildman–Crippen MR) is 80.1 cm³/mol. The summed E-state index contributed by atoms with van der Waals surface area (Å²) in [4.78, 5) is 35.0. The molecule has 116 valence electrons. The zero-order valence-electron chi connectivity index (χ0n) is 11.8. The molecule has 2 rings (SSSR count). The lowest BCUT2D eigenvalue weighted by Crippen LogP contribution is -2.32. The molecule has 0 radical (unpaired) electrons. The van der Waals surface area contributed by atoms with Gasteiger partial charge < -0.3 is 9.84 Å². The van der Waals surface area contributed by atoms with Gasteiger partial charge in [0.15, 0.2) is 5.88 Å². The number of nitrogens with one attached hydrogen (secondary N) is 1. The molecule has 22 heavy (non-hydrogen) atoms. The molecule has 2 N–H and O–H groups in total. The van der Waals surface area contributed by atoms with Crippen LogP contribution in [0.3, 0.4) is 0 Å². The third-order valence-corrected chi connectivity index (χ3v) is 3.43. The minimum Gasteiger partial charge on any atom is -0.494 e. The van der Waals surface area contributed by atoms with E-state index in [0.29, 0.717) is 15.8 Å². The number of aromatic nitrogens is 1. The minimum absolute atomic E-state index is 0.195. The van der Waals surface area contributed by atoms with Crippen molar-refractivity contribution in [2.75, 3.05) is 7.11 Å². The Balaban J connectivity index is 2.57. The number of fused-ring (bicyclic) bond motifs is 1. The van der Waals surface area contributed by atoms with Gasteiger partial charge in [0.1, 0.15) is 0 Å². The van der Waals surface area contributed by atoms with Gasteiger partial charge in [-0.25, -0.2) is 4.79 Å². The number of ether oxygens (including phenoxy) is 1. The summed E-state index contributed by atoms with van der Waals surface area (Å²) in [5, 5.41) is 13.1. The molecule has 0 saturated heterocycles. The summed E-state index contributed by atoms with van der Waals surface area (Å²) < 4.78 is 5.35. The maximum Gasteiger partial charge on any atom is 0.413 e. The van der Waals surface area contributed by atoms with Gasteiger partial charge >= 0.3 is 6.09 Å². The molecule has 7 nitrogen and oxygen atoms in total. The van der Waals surface area contributed by atoms with Gasteiger partial charge in [-0.05, 0) is 23.6 Å². The fraction of sp³-hybridized carbons (Fsp3) is 0.214. The molecule has 1 aromatic carbocycles. The molecule has 0 aliphatic heterocycles. The number of methoxy groups -OCH3 is 1. The second-order valence-corrected chi connectivity index (χ2v) is 5.01. The van der Waals surface area contributed by atoms with E-state index in [1.165, 1.54) is 19.2 Å². The van der Waals surface area contributed by atoms with Crippen LogP contribution < -0.4 is 10.9 Å². The lowest BCUT2D eigenvalue weighted by molar-refractivity contribution is -0.119. The van der Waals surface area contributed by atoms with E-state index in [0.717, 1.165) is 11.7 Å². The van der Waals surface area contributed by atoms with Crippen LogP contribution in [0.5, 0.6) is 5.88 Å². The van der Waals surface area contributed by atoms with Crippen molar-refractivity contribution in [3.05, 3.63) is 39.1 Å². The molecular weight excluding hydrogens is 312 g/mol. The molecule has 2 aromatic rings. The summed E-state index contributed by atoms with van der Waals surface area (Å²) >= 11 is 5.91. The van der Waals surface area contributed by atoms with Crippen molar-refractivity contribution in [2.45, 2.75) is 6.42 Å². The lowest BCUT2D eigenvalue weighted by Gasteiger charge is -2.12. The summed E-state index contributed by atoms with van der Waals surface area (Å²) in [6.45, 7) is 0. The first kappa shape index (κ1) is 15.8. The van der Waals surface area contributed by atoms with Crippen LogP contribution >= 0.6 is 11.6 Å². The van der Waals surface area contributed by atoms with Crippen molar-refractivity contribution in [1.82, 2.24) is 9.88 Å². The van der Waals surface area contributed by atoms with Crippen LogP contribution in [0, 0.1) is 0 Å². The number of rotatable bonds is 2. The Hall–Kier alpha value is -2.54. The van der Waals surface area contributed by atoms with Gasteiger partial charge in [0.05, 0.1) is 13.5 Å². The van der Waals surface area contributed by atoms with E-state index in [4.69, 9.17) is 11.6 Å². The highest BCUT2D eigenvalue weighted by Gasteiger charge is 2.18. The average molecular weight is 325 g/mol. The molecule has 0 atom stereocenters. The summed E-state index contributed by atoms with van der Waals surface area (Å²) in [5.74, 6) is -1.04. The van der Waals surface area contributed by atoms with E-state index in [1.54, 1.807) is 6.07 Å². The number of carbonyl (C=O) groups excluding carboxylic acids is 2. The van der Waals surface area contributed by atoms with Gasteiger partial charge in [0.2, 0.25) is 5.91 Å². The maximum atomic E-state index is 12.1. The first-order chi connectivity index (χ1) is 10.3. The molecule has 0 spiro atoms. The maximum absolute atomic E-state index is 12.1. The highest BCUT2D eigenvalue weighted by molar-refractivity contribution is 6.31. The third kappa shape index (κ3) is 2.89. The number of aromatic hydroxyl groups is 1. The molecule has 0 saturated carbocycles. The summed E-state index contributed by atoms with van der Waals surface area (Å²) in [6, 6.07) is 4.54. The van der Waals surface area contributed by atoms with Crippen molar-refractivity contribution >= 4 is 34.4 Å². The fourth-order valence-electron chi connectivity index (χ4n) is 2.10. The number of halogens is 1. The van der Waals surface area contributed by atoms with Gasteiger partial charge in [0, 0.05) is 23.0 Å². The molecule has 2 amide bonds. The van der Waals surface area contributed by atoms with Crippen molar-refractivity contribution in [1.29, 1.82) is 0 Å².